The normalized spacial score (nSPS) is 22.9. The molecule has 1 heterocycles. The molecule has 1 amide bonds. The van der Waals surface area contributed by atoms with E-state index >= 15 is 0 Å². The van der Waals surface area contributed by atoms with Gasteiger partial charge in [0.25, 0.3) is 0 Å². The van der Waals surface area contributed by atoms with Crippen molar-refractivity contribution >= 4 is 5.91 Å². The first kappa shape index (κ1) is 15.0. The highest BCUT2D eigenvalue weighted by Gasteiger charge is 2.28. The Labute approximate surface area is 120 Å². The molecule has 1 fully saturated rings. The molecule has 2 rings (SSSR count). The third-order valence-corrected chi connectivity index (χ3v) is 4.22. The summed E-state index contributed by atoms with van der Waals surface area (Å²) in [5, 5.41) is 0. The van der Waals surface area contributed by atoms with Crippen LogP contribution in [0, 0.1) is 5.92 Å². The number of ether oxygens (including phenoxy) is 1. The van der Waals surface area contributed by atoms with E-state index in [0.29, 0.717) is 25.4 Å². The number of nitrogens with two attached hydrogens (primary N) is 1. The number of likely N-dealkylation sites (tertiary alicyclic amines) is 1. The summed E-state index contributed by atoms with van der Waals surface area (Å²) in [5.74, 6) is 0.681. The van der Waals surface area contributed by atoms with Gasteiger partial charge >= 0.3 is 0 Å². The van der Waals surface area contributed by atoms with Crippen molar-refractivity contribution in [2.45, 2.75) is 32.4 Å². The minimum absolute atomic E-state index is 0.150. The molecule has 1 aromatic rings. The van der Waals surface area contributed by atoms with Crippen molar-refractivity contribution in [2.75, 3.05) is 20.2 Å². The molecule has 2 unspecified atom stereocenters. The van der Waals surface area contributed by atoms with Gasteiger partial charge in [0.15, 0.2) is 0 Å². The molecule has 4 heteroatoms. The van der Waals surface area contributed by atoms with E-state index in [-0.39, 0.29) is 12.0 Å². The summed E-state index contributed by atoms with van der Waals surface area (Å²) in [6.07, 6.45) is 1.58. The topological polar surface area (TPSA) is 55.6 Å². The summed E-state index contributed by atoms with van der Waals surface area (Å²) in [6, 6.07) is 7.89. The van der Waals surface area contributed by atoms with Crippen LogP contribution < -0.4 is 5.73 Å². The van der Waals surface area contributed by atoms with Gasteiger partial charge in [-0.1, -0.05) is 31.2 Å². The van der Waals surface area contributed by atoms with E-state index in [1.165, 1.54) is 0 Å². The van der Waals surface area contributed by atoms with Crippen molar-refractivity contribution < 1.29 is 9.53 Å². The second kappa shape index (κ2) is 6.86. The monoisotopic (exact) mass is 276 g/mol. The standard InChI is InChI=1S/C16H24N2O2/c1-12-7-8-18(11-15(12)20-2)16(19)9-13-5-3-4-6-14(13)10-17/h3-6,12,15H,7-11,17H2,1-2H3. The zero-order valence-corrected chi connectivity index (χ0v) is 12.3. The first-order valence-electron chi connectivity index (χ1n) is 7.23. The second-order valence-corrected chi connectivity index (χ2v) is 5.53. The van der Waals surface area contributed by atoms with Crippen molar-refractivity contribution in [2.24, 2.45) is 11.7 Å². The fourth-order valence-electron chi connectivity index (χ4n) is 2.77. The lowest BCUT2D eigenvalue weighted by molar-refractivity contribution is -0.135. The summed E-state index contributed by atoms with van der Waals surface area (Å²) >= 11 is 0. The van der Waals surface area contributed by atoms with Gasteiger partial charge in [0.2, 0.25) is 5.91 Å². The quantitative estimate of drug-likeness (QED) is 0.908. The Bertz CT molecular complexity index is 462. The molecule has 2 N–H and O–H groups in total. The fourth-order valence-corrected chi connectivity index (χ4v) is 2.77. The van der Waals surface area contributed by atoms with Crippen LogP contribution in [0.4, 0.5) is 0 Å². The molecule has 20 heavy (non-hydrogen) atoms. The van der Waals surface area contributed by atoms with Gasteiger partial charge in [0.1, 0.15) is 0 Å². The largest absolute Gasteiger partial charge is 0.379 e. The smallest absolute Gasteiger partial charge is 0.227 e. The van der Waals surface area contributed by atoms with E-state index in [4.69, 9.17) is 10.5 Å². The number of carbonyl (C=O) groups excluding carboxylic acids is 1. The van der Waals surface area contributed by atoms with Gasteiger partial charge in [-0.15, -0.1) is 0 Å². The predicted octanol–water partition coefficient (Wildman–Crippen LogP) is 1.57. The maximum absolute atomic E-state index is 12.4. The van der Waals surface area contributed by atoms with Crippen molar-refractivity contribution in [3.63, 3.8) is 0 Å². The van der Waals surface area contributed by atoms with Crippen LogP contribution in [0.15, 0.2) is 24.3 Å². The number of rotatable bonds is 4. The average Bonchev–Trinajstić information content (AvgIpc) is 2.48. The Hall–Kier alpha value is -1.39. The van der Waals surface area contributed by atoms with E-state index in [1.54, 1.807) is 7.11 Å². The Balaban J connectivity index is 2.01. The van der Waals surface area contributed by atoms with Crippen LogP contribution in [0.25, 0.3) is 0 Å². The first-order chi connectivity index (χ1) is 9.65. The van der Waals surface area contributed by atoms with E-state index in [1.807, 2.05) is 29.2 Å². The zero-order chi connectivity index (χ0) is 14.5. The molecule has 0 saturated carbocycles. The highest BCUT2D eigenvalue weighted by molar-refractivity contribution is 5.79. The number of nitrogens with zero attached hydrogens (tertiary/aromatic N) is 1. The SMILES string of the molecule is COC1CN(C(=O)Cc2ccccc2CN)CCC1C. The minimum Gasteiger partial charge on any atom is -0.379 e. The highest BCUT2D eigenvalue weighted by atomic mass is 16.5. The highest BCUT2D eigenvalue weighted by Crippen LogP contribution is 2.20. The van der Waals surface area contributed by atoms with Crippen molar-refractivity contribution in [3.05, 3.63) is 35.4 Å². The van der Waals surface area contributed by atoms with Crippen LogP contribution in [0.2, 0.25) is 0 Å². The maximum atomic E-state index is 12.4. The number of methoxy groups -OCH3 is 1. The summed E-state index contributed by atoms with van der Waals surface area (Å²) in [7, 11) is 1.72. The van der Waals surface area contributed by atoms with Crippen molar-refractivity contribution in [1.29, 1.82) is 0 Å². The van der Waals surface area contributed by atoms with Gasteiger partial charge in [-0.2, -0.15) is 0 Å². The van der Waals surface area contributed by atoms with Gasteiger partial charge in [0, 0.05) is 26.7 Å². The number of piperidine rings is 1. The first-order valence-corrected chi connectivity index (χ1v) is 7.23. The third-order valence-electron chi connectivity index (χ3n) is 4.22. The van der Waals surface area contributed by atoms with Crippen LogP contribution in [0.1, 0.15) is 24.5 Å². The van der Waals surface area contributed by atoms with Crippen LogP contribution in [0.5, 0.6) is 0 Å². The Morgan fingerprint density at radius 2 is 2.10 bits per heavy atom. The van der Waals surface area contributed by atoms with E-state index in [9.17, 15) is 4.79 Å². The summed E-state index contributed by atoms with van der Waals surface area (Å²) in [5.41, 5.74) is 7.81. The molecule has 2 atom stereocenters. The number of hydrogen-bond acceptors (Lipinski definition) is 3. The molecular formula is C16H24N2O2. The molecule has 0 aromatic heterocycles. The molecule has 1 saturated heterocycles. The minimum atomic E-state index is 0.150. The van der Waals surface area contributed by atoms with E-state index in [0.717, 1.165) is 24.1 Å². The molecule has 1 aliphatic rings. The number of amides is 1. The number of carbonyl (C=O) groups is 1. The van der Waals surface area contributed by atoms with Gasteiger partial charge in [-0.05, 0) is 23.5 Å². The Morgan fingerprint density at radius 1 is 1.40 bits per heavy atom. The molecule has 0 aliphatic carbocycles. The van der Waals surface area contributed by atoms with Gasteiger partial charge in [-0.25, -0.2) is 0 Å². The lowest BCUT2D eigenvalue weighted by Gasteiger charge is -2.36. The third kappa shape index (κ3) is 3.38. The molecule has 0 bridgehead atoms. The van der Waals surface area contributed by atoms with Crippen LogP contribution in [-0.4, -0.2) is 37.1 Å². The lowest BCUT2D eigenvalue weighted by Crippen LogP contribution is -2.47. The Morgan fingerprint density at radius 3 is 2.75 bits per heavy atom. The van der Waals surface area contributed by atoms with Crippen LogP contribution in [-0.2, 0) is 22.5 Å². The molecule has 0 spiro atoms. The molecule has 1 aliphatic heterocycles. The maximum Gasteiger partial charge on any atom is 0.227 e. The predicted molar refractivity (Wildman–Crippen MR) is 79.2 cm³/mol. The average molecular weight is 276 g/mol. The molecule has 4 nitrogen and oxygen atoms in total. The van der Waals surface area contributed by atoms with E-state index < -0.39 is 0 Å². The van der Waals surface area contributed by atoms with Crippen LogP contribution in [0.3, 0.4) is 0 Å². The molecule has 110 valence electrons. The summed E-state index contributed by atoms with van der Waals surface area (Å²) < 4.78 is 5.47. The van der Waals surface area contributed by atoms with Crippen molar-refractivity contribution in [3.8, 4) is 0 Å². The number of benzene rings is 1. The van der Waals surface area contributed by atoms with Crippen molar-refractivity contribution in [1.82, 2.24) is 4.90 Å². The van der Waals surface area contributed by atoms with E-state index in [2.05, 4.69) is 6.92 Å². The lowest BCUT2D eigenvalue weighted by atomic mass is 9.95. The molecular weight excluding hydrogens is 252 g/mol. The van der Waals surface area contributed by atoms with Crippen LogP contribution >= 0.6 is 0 Å². The molecule has 1 aromatic carbocycles. The molecule has 0 radical (unpaired) electrons. The number of hydrogen-bond donors (Lipinski definition) is 1. The van der Waals surface area contributed by atoms with Gasteiger partial charge in [0.05, 0.1) is 12.5 Å². The second-order valence-electron chi connectivity index (χ2n) is 5.53. The zero-order valence-electron chi connectivity index (χ0n) is 12.3. The summed E-state index contributed by atoms with van der Waals surface area (Å²) in [6.45, 7) is 4.17. The van der Waals surface area contributed by atoms with Gasteiger partial charge in [-0.3, -0.25) is 4.79 Å². The summed E-state index contributed by atoms with van der Waals surface area (Å²) in [4.78, 5) is 14.4. The Kier molecular flexibility index (Phi) is 5.15. The van der Waals surface area contributed by atoms with Gasteiger partial charge < -0.3 is 15.4 Å². The fraction of sp³-hybridized carbons (Fsp3) is 0.562.